The topological polar surface area (TPSA) is 0 Å². The van der Waals surface area contributed by atoms with Crippen molar-refractivity contribution in [3.8, 4) is 0 Å². The van der Waals surface area contributed by atoms with Crippen molar-refractivity contribution in [2.45, 2.75) is 0 Å². The Morgan fingerprint density at radius 3 is 1.25 bits per heavy atom. The minimum Gasteiger partial charge on any atom is 0 e. The summed E-state index contributed by atoms with van der Waals surface area (Å²) in [6.07, 6.45) is 0. The second kappa shape index (κ2) is 15.8. The number of hydrogen-bond acceptors (Lipinski definition) is 0. The summed E-state index contributed by atoms with van der Waals surface area (Å²) in [5.41, 5.74) is 0. The Balaban J connectivity index is -0.00000000500. The first kappa shape index (κ1) is 15.7. The summed E-state index contributed by atoms with van der Waals surface area (Å²) in [5.74, 6) is 0. The molecule has 0 amide bonds. The van der Waals surface area contributed by atoms with Crippen molar-refractivity contribution in [3.05, 3.63) is 0 Å². The van der Waals surface area contributed by atoms with Gasteiger partial charge in [0.15, 0.2) is 0 Å². The van der Waals surface area contributed by atoms with E-state index >= 15 is 0 Å². The van der Waals surface area contributed by atoms with E-state index in [0.29, 0.717) is 0 Å². The summed E-state index contributed by atoms with van der Waals surface area (Å²) in [6.45, 7) is 0. The Kier molecular flexibility index (Phi) is 61.8. The fourth-order valence-electron chi connectivity index (χ4n) is 0. The standard InChI is InChI=1S/Ce.Er.FH.Nd/h;;1H;/q;+1;;/p-1. The van der Waals surface area contributed by atoms with Gasteiger partial charge in [-0.25, -0.2) is 0 Å². The number of rotatable bonds is 0. The molecule has 0 fully saturated rings. The van der Waals surface area contributed by atoms with E-state index < -0.39 is 0 Å². The summed E-state index contributed by atoms with van der Waals surface area (Å²) in [7, 11) is 0. The number of halogens is 1. The van der Waals surface area contributed by atoms with Crippen LogP contribution < -0.4 is 0 Å². The second-order valence-electron chi connectivity index (χ2n) is 0. The Hall–Kier alpha value is 3.90. The molecule has 0 saturated carbocycles. The third kappa shape index (κ3) is 9.32. The molecule has 0 radical (unpaired) electrons. The summed E-state index contributed by atoms with van der Waals surface area (Å²) >= 11 is 0.917. The van der Waals surface area contributed by atoms with Crippen LogP contribution in [0.3, 0.4) is 0 Å². The molecule has 4 heteroatoms. The molecule has 0 aliphatic heterocycles. The molecule has 0 nitrogen and oxygen atoms in total. The van der Waals surface area contributed by atoms with E-state index in [1.165, 1.54) is 0 Å². The van der Waals surface area contributed by atoms with Gasteiger partial charge in [0.25, 0.3) is 0 Å². The van der Waals surface area contributed by atoms with Gasteiger partial charge in [-0.1, -0.05) is 0 Å². The average Bonchev–Trinajstić information content (AvgIpc) is 1.00. The van der Waals surface area contributed by atoms with E-state index in [4.69, 9.17) is 0 Å². The van der Waals surface area contributed by atoms with E-state index in [2.05, 4.69) is 0 Å². The van der Waals surface area contributed by atoms with Gasteiger partial charge in [0.2, 0.25) is 0 Å². The fourth-order valence-corrected chi connectivity index (χ4v) is 0. The Labute approximate surface area is 116 Å². The minimum atomic E-state index is 0. The monoisotopic (exact) mass is 467 g/mol. The molecule has 27 valence electrons. The molecule has 0 heterocycles. The van der Waals surface area contributed by atoms with Crippen LogP contribution in [-0.2, 0) is 0 Å². The van der Waals surface area contributed by atoms with E-state index in [0.717, 1.165) is 36.1 Å². The molecule has 4 heavy (non-hydrogen) atoms. The van der Waals surface area contributed by atoms with Crippen LogP contribution >= 0.6 is 0 Å². The third-order valence-electron chi connectivity index (χ3n) is 0. The molecule has 0 unspecified atom stereocenters. The molecule has 0 aliphatic rings. The molecule has 0 aliphatic carbocycles. The van der Waals surface area contributed by atoms with Crippen LogP contribution in [0.4, 0.5) is 1.41 Å². The van der Waals surface area contributed by atoms with E-state index in [1.807, 2.05) is 0 Å². The van der Waals surface area contributed by atoms with Gasteiger partial charge in [0.05, 0.1) is 0 Å². The summed E-state index contributed by atoms with van der Waals surface area (Å²) in [6, 6.07) is 0. The van der Waals surface area contributed by atoms with Crippen LogP contribution in [0.2, 0.25) is 0 Å². The molecule has 0 spiro atoms. The summed E-state index contributed by atoms with van der Waals surface area (Å²) in [5, 5.41) is 0. The minimum absolute atomic E-state index is 0. The Morgan fingerprint density at radius 1 is 1.25 bits per heavy atom. The predicted octanol–water partition coefficient (Wildman–Crippen LogP) is 0.420. The predicted molar refractivity (Wildman–Crippen MR) is 1.11 cm³/mol. The quantitative estimate of drug-likeness (QED) is 0.482. The van der Waals surface area contributed by atoms with Gasteiger partial charge in [0.1, 0.15) is 0 Å². The Morgan fingerprint density at radius 2 is 1.25 bits per heavy atom. The first-order valence-corrected chi connectivity index (χ1v) is 0.809. The van der Waals surface area contributed by atoms with Crippen molar-refractivity contribution in [2.24, 2.45) is 0 Å². The fraction of sp³-hybridized carbons (Fsp3) is 0. The van der Waals surface area contributed by atoms with Gasteiger partial charge in [-0.05, 0) is 0 Å². The SMILES string of the molecule is [Ce].[F][Er].[Nd]. The van der Waals surface area contributed by atoms with Crippen LogP contribution in [0, 0.1) is 119 Å². The summed E-state index contributed by atoms with van der Waals surface area (Å²) in [4.78, 5) is 0. The Bertz CT molecular complexity index is 8.00. The molecule has 0 atom stereocenters. The van der Waals surface area contributed by atoms with Crippen LogP contribution in [-0.4, -0.2) is 0 Å². The normalized spacial score (nSPS) is 1.75. The van der Waals surface area contributed by atoms with E-state index in [-0.39, 0.29) is 82.6 Å². The van der Waals surface area contributed by atoms with Crippen LogP contribution in [0.15, 0.2) is 0 Å². The molecule has 0 aromatic rings. The summed E-state index contributed by atoms with van der Waals surface area (Å²) < 4.78 is 9.42. The van der Waals surface area contributed by atoms with E-state index in [1.54, 1.807) is 0 Å². The molecular formula is CeErFNd. The van der Waals surface area contributed by atoms with Gasteiger partial charge in [-0.2, -0.15) is 0 Å². The van der Waals surface area contributed by atoms with Crippen molar-refractivity contribution in [2.75, 3.05) is 0 Å². The second-order valence-corrected chi connectivity index (χ2v) is 0. The van der Waals surface area contributed by atoms with Crippen LogP contribution in [0.25, 0.3) is 0 Å². The maximum absolute atomic E-state index is 9.42. The zero-order chi connectivity index (χ0) is 2.00. The van der Waals surface area contributed by atoms with Crippen LogP contribution in [0.1, 0.15) is 0 Å². The van der Waals surface area contributed by atoms with Crippen molar-refractivity contribution in [3.63, 3.8) is 0 Å². The molecule has 0 saturated heterocycles. The van der Waals surface area contributed by atoms with Gasteiger partial charge in [-0.15, -0.1) is 0 Å². The molecule has 0 bridgehead atoms. The van der Waals surface area contributed by atoms with Gasteiger partial charge in [0, 0.05) is 82.6 Å². The zero-order valence-electron chi connectivity index (χ0n) is 1.67. The maximum atomic E-state index is 9.42. The first-order chi connectivity index (χ1) is 1.00. The molecule has 0 rings (SSSR count). The first-order valence-electron chi connectivity index (χ1n) is 0.109. The molecular weight excluding hydrogens is 471 g/mol. The van der Waals surface area contributed by atoms with Crippen molar-refractivity contribution >= 4 is 0 Å². The van der Waals surface area contributed by atoms with Crippen molar-refractivity contribution in [1.82, 2.24) is 0 Å². The van der Waals surface area contributed by atoms with Gasteiger partial charge >= 0.3 is 37.6 Å². The van der Waals surface area contributed by atoms with Crippen molar-refractivity contribution < 1.29 is 120 Å². The average molecular weight is 471 g/mol. The van der Waals surface area contributed by atoms with Crippen LogP contribution in [0.5, 0.6) is 0 Å². The molecule has 0 N–H and O–H groups in total. The maximum Gasteiger partial charge on any atom is 0 e. The van der Waals surface area contributed by atoms with Gasteiger partial charge in [-0.3, -0.25) is 0 Å². The molecule has 0 aromatic heterocycles. The zero-order valence-corrected chi connectivity index (χ0v) is 9.87. The smallest absolute Gasteiger partial charge is 0 e. The van der Waals surface area contributed by atoms with E-state index in [9.17, 15) is 1.41 Å². The molecule has 0 aromatic carbocycles. The van der Waals surface area contributed by atoms with Gasteiger partial charge < -0.3 is 0 Å². The largest absolute Gasteiger partial charge is 0 e. The van der Waals surface area contributed by atoms with Crippen molar-refractivity contribution in [1.29, 1.82) is 0 Å². The third-order valence-corrected chi connectivity index (χ3v) is 0. The number of hydrogen-bond donors (Lipinski definition) is 0.